The third-order valence-electron chi connectivity index (χ3n) is 4.81. The first-order valence-electron chi connectivity index (χ1n) is 9.53. The summed E-state index contributed by atoms with van der Waals surface area (Å²) in [5.74, 6) is 0.121. The van der Waals surface area contributed by atoms with Gasteiger partial charge in [-0.1, -0.05) is 19.1 Å². The van der Waals surface area contributed by atoms with E-state index in [2.05, 4.69) is 5.32 Å². The highest BCUT2D eigenvalue weighted by Gasteiger charge is 2.29. The first kappa shape index (κ1) is 21.8. The molecule has 29 heavy (non-hydrogen) atoms. The number of sulfonamides is 1. The molecule has 2 aromatic rings. The van der Waals surface area contributed by atoms with Crippen molar-refractivity contribution in [2.24, 2.45) is 0 Å². The predicted molar refractivity (Wildman–Crippen MR) is 112 cm³/mol. The Morgan fingerprint density at radius 3 is 2.69 bits per heavy atom. The number of nitrogens with zero attached hydrogens (tertiary/aromatic N) is 1. The topological polar surface area (TPSA) is 84.9 Å². The van der Waals surface area contributed by atoms with Gasteiger partial charge in [-0.3, -0.25) is 4.79 Å². The van der Waals surface area contributed by atoms with Gasteiger partial charge in [0.15, 0.2) is 0 Å². The number of morpholine rings is 1. The van der Waals surface area contributed by atoms with E-state index in [1.54, 1.807) is 23.5 Å². The Balaban J connectivity index is 1.78. The second-order valence-electron chi connectivity index (χ2n) is 6.72. The molecule has 9 heteroatoms. The summed E-state index contributed by atoms with van der Waals surface area (Å²) in [5.41, 5.74) is 0.621. The number of benzene rings is 1. The van der Waals surface area contributed by atoms with Gasteiger partial charge in [-0.25, -0.2) is 8.42 Å². The Morgan fingerprint density at radius 2 is 2.07 bits per heavy atom. The Morgan fingerprint density at radius 1 is 1.31 bits per heavy atom. The Kier molecular flexibility index (Phi) is 7.28. The van der Waals surface area contributed by atoms with Crippen LogP contribution in [0.1, 0.15) is 29.8 Å². The lowest BCUT2D eigenvalue weighted by molar-refractivity contribution is -0.121. The summed E-state index contributed by atoms with van der Waals surface area (Å²) in [4.78, 5) is 13.8. The fourth-order valence-electron chi connectivity index (χ4n) is 3.25. The number of amides is 1. The second kappa shape index (κ2) is 9.71. The summed E-state index contributed by atoms with van der Waals surface area (Å²) in [6.07, 6.45) is 0.878. The summed E-state index contributed by atoms with van der Waals surface area (Å²) < 4.78 is 38.1. The SMILES string of the molecule is CCC(NC(=O)Cc1ccc(OC)c(S(=O)(=O)N2CCOCC2)c1)c1cccs1. The zero-order valence-corrected chi connectivity index (χ0v) is 18.2. The molecular formula is C20H26N2O5S2. The minimum absolute atomic E-state index is 0.0442. The van der Waals surface area contributed by atoms with Gasteiger partial charge >= 0.3 is 0 Å². The molecule has 1 N–H and O–H groups in total. The van der Waals surface area contributed by atoms with E-state index in [1.165, 1.54) is 17.5 Å². The lowest BCUT2D eigenvalue weighted by Crippen LogP contribution is -2.40. The highest BCUT2D eigenvalue weighted by Crippen LogP contribution is 2.29. The van der Waals surface area contributed by atoms with Crippen molar-refractivity contribution in [1.29, 1.82) is 0 Å². The van der Waals surface area contributed by atoms with Crippen LogP contribution in [0.2, 0.25) is 0 Å². The molecular weight excluding hydrogens is 412 g/mol. The number of nitrogens with one attached hydrogen (secondary N) is 1. The van der Waals surface area contributed by atoms with E-state index in [0.717, 1.165) is 11.3 Å². The molecule has 1 aromatic carbocycles. The van der Waals surface area contributed by atoms with E-state index in [4.69, 9.17) is 9.47 Å². The molecule has 1 aliphatic heterocycles. The number of methoxy groups -OCH3 is 1. The van der Waals surface area contributed by atoms with Crippen LogP contribution in [0.5, 0.6) is 5.75 Å². The van der Waals surface area contributed by atoms with E-state index in [-0.39, 0.29) is 29.0 Å². The zero-order valence-electron chi connectivity index (χ0n) is 16.6. The van der Waals surface area contributed by atoms with E-state index in [9.17, 15) is 13.2 Å². The van der Waals surface area contributed by atoms with Crippen molar-refractivity contribution in [2.45, 2.75) is 30.7 Å². The maximum absolute atomic E-state index is 13.1. The normalized spacial score (nSPS) is 16.3. The molecule has 2 heterocycles. The standard InChI is InChI=1S/C20H26N2O5S2/c1-3-16(18-5-4-12-28-18)21-20(23)14-15-6-7-17(26-2)19(13-15)29(24,25)22-8-10-27-11-9-22/h4-7,12-13,16H,3,8-11,14H2,1-2H3,(H,21,23). The van der Waals surface area contributed by atoms with Crippen molar-refractivity contribution < 1.29 is 22.7 Å². The van der Waals surface area contributed by atoms with Crippen LogP contribution in [-0.4, -0.2) is 52.0 Å². The van der Waals surface area contributed by atoms with Crippen molar-refractivity contribution in [1.82, 2.24) is 9.62 Å². The van der Waals surface area contributed by atoms with Crippen LogP contribution in [0.25, 0.3) is 0 Å². The minimum atomic E-state index is -3.73. The van der Waals surface area contributed by atoms with Gasteiger partial charge in [-0.15, -0.1) is 11.3 Å². The molecule has 1 aliphatic rings. The molecule has 3 rings (SSSR count). The van der Waals surface area contributed by atoms with Crippen molar-refractivity contribution >= 4 is 27.3 Å². The molecule has 0 radical (unpaired) electrons. The van der Waals surface area contributed by atoms with Gasteiger partial charge in [0.2, 0.25) is 15.9 Å². The van der Waals surface area contributed by atoms with E-state index in [0.29, 0.717) is 31.9 Å². The third-order valence-corrected chi connectivity index (χ3v) is 7.72. The minimum Gasteiger partial charge on any atom is -0.495 e. The molecule has 0 saturated carbocycles. The van der Waals surface area contributed by atoms with Gasteiger partial charge in [0.05, 0.1) is 32.8 Å². The molecule has 1 fully saturated rings. The summed E-state index contributed by atoms with van der Waals surface area (Å²) >= 11 is 1.60. The van der Waals surface area contributed by atoms with Gasteiger partial charge < -0.3 is 14.8 Å². The molecule has 1 amide bonds. The maximum Gasteiger partial charge on any atom is 0.246 e. The zero-order chi connectivity index (χ0) is 20.9. The highest BCUT2D eigenvalue weighted by molar-refractivity contribution is 7.89. The summed E-state index contributed by atoms with van der Waals surface area (Å²) in [5, 5.41) is 5.01. The summed E-state index contributed by atoms with van der Waals surface area (Å²) in [6, 6.07) is 8.78. The smallest absolute Gasteiger partial charge is 0.246 e. The van der Waals surface area contributed by atoms with Crippen LogP contribution < -0.4 is 10.1 Å². The van der Waals surface area contributed by atoms with Crippen LogP contribution in [0, 0.1) is 0 Å². The first-order valence-corrected chi connectivity index (χ1v) is 11.8. The second-order valence-corrected chi connectivity index (χ2v) is 9.61. The average Bonchev–Trinajstić information content (AvgIpc) is 3.27. The number of hydrogen-bond donors (Lipinski definition) is 1. The first-order chi connectivity index (χ1) is 14.0. The molecule has 1 saturated heterocycles. The van der Waals surface area contributed by atoms with Gasteiger partial charge in [-0.05, 0) is 35.6 Å². The monoisotopic (exact) mass is 438 g/mol. The van der Waals surface area contributed by atoms with E-state index < -0.39 is 10.0 Å². The molecule has 0 bridgehead atoms. The van der Waals surface area contributed by atoms with Crippen molar-refractivity contribution in [2.75, 3.05) is 33.4 Å². The third kappa shape index (κ3) is 5.16. The number of thiophene rings is 1. The summed E-state index contributed by atoms with van der Waals surface area (Å²) in [7, 11) is -2.29. The van der Waals surface area contributed by atoms with Crippen LogP contribution in [0.4, 0.5) is 0 Å². The lowest BCUT2D eigenvalue weighted by atomic mass is 10.1. The molecule has 7 nitrogen and oxygen atoms in total. The number of carbonyl (C=O) groups is 1. The van der Waals surface area contributed by atoms with Crippen molar-refractivity contribution in [3.63, 3.8) is 0 Å². The fourth-order valence-corrected chi connectivity index (χ4v) is 5.73. The molecule has 1 atom stereocenters. The van der Waals surface area contributed by atoms with E-state index >= 15 is 0 Å². The van der Waals surface area contributed by atoms with Crippen molar-refractivity contribution in [3.05, 3.63) is 46.2 Å². The highest BCUT2D eigenvalue weighted by atomic mass is 32.2. The average molecular weight is 439 g/mol. The van der Waals surface area contributed by atoms with Gasteiger partial charge in [0, 0.05) is 18.0 Å². The Labute approximate surface area is 175 Å². The number of carbonyl (C=O) groups excluding carboxylic acids is 1. The van der Waals surface area contributed by atoms with Crippen LogP contribution >= 0.6 is 11.3 Å². The number of ether oxygens (including phenoxy) is 2. The molecule has 0 spiro atoms. The Hall–Kier alpha value is -1.94. The van der Waals surface area contributed by atoms with Gasteiger partial charge in [0.1, 0.15) is 10.6 Å². The predicted octanol–water partition coefficient (Wildman–Crippen LogP) is 2.59. The van der Waals surface area contributed by atoms with Gasteiger partial charge in [0.25, 0.3) is 0 Å². The quantitative estimate of drug-likeness (QED) is 0.685. The van der Waals surface area contributed by atoms with Crippen LogP contribution in [-0.2, 0) is 26.0 Å². The largest absolute Gasteiger partial charge is 0.495 e. The number of hydrogen-bond acceptors (Lipinski definition) is 6. The molecule has 158 valence electrons. The van der Waals surface area contributed by atoms with Gasteiger partial charge in [-0.2, -0.15) is 4.31 Å². The van der Waals surface area contributed by atoms with E-state index in [1.807, 2.05) is 24.4 Å². The number of rotatable bonds is 8. The lowest BCUT2D eigenvalue weighted by Gasteiger charge is -2.26. The van der Waals surface area contributed by atoms with Crippen LogP contribution in [0.15, 0.2) is 40.6 Å². The molecule has 0 aliphatic carbocycles. The van der Waals surface area contributed by atoms with Crippen LogP contribution in [0.3, 0.4) is 0 Å². The maximum atomic E-state index is 13.1. The molecule has 1 unspecified atom stereocenters. The molecule has 1 aromatic heterocycles. The Bertz CT molecular complexity index is 922. The fraction of sp³-hybridized carbons (Fsp3) is 0.450. The summed E-state index contributed by atoms with van der Waals surface area (Å²) in [6.45, 7) is 3.35. The van der Waals surface area contributed by atoms with Crippen molar-refractivity contribution in [3.8, 4) is 5.75 Å².